The number of nitrogens with one attached hydrogen (secondary N) is 1. The van der Waals surface area contributed by atoms with Crippen LogP contribution in [0.25, 0.3) is 0 Å². The van der Waals surface area contributed by atoms with Gasteiger partial charge in [-0.25, -0.2) is 0 Å². The van der Waals surface area contributed by atoms with Crippen molar-refractivity contribution in [2.45, 2.75) is 51.2 Å². The van der Waals surface area contributed by atoms with E-state index in [1.165, 1.54) is 18.4 Å². The molecule has 1 spiro atoms. The van der Waals surface area contributed by atoms with E-state index >= 15 is 0 Å². The molecule has 1 fully saturated rings. The van der Waals surface area contributed by atoms with E-state index in [0.717, 1.165) is 30.3 Å². The summed E-state index contributed by atoms with van der Waals surface area (Å²) >= 11 is 0. The van der Waals surface area contributed by atoms with E-state index in [2.05, 4.69) is 25.2 Å². The Labute approximate surface area is 128 Å². The van der Waals surface area contributed by atoms with E-state index < -0.39 is 0 Å². The minimum atomic E-state index is -0.0143. The number of methoxy groups -OCH3 is 1. The third-order valence-corrected chi connectivity index (χ3v) is 5.52. The summed E-state index contributed by atoms with van der Waals surface area (Å²) < 4.78 is 11.9. The fourth-order valence-electron chi connectivity index (χ4n) is 4.12. The Morgan fingerprint density at radius 3 is 2.81 bits per heavy atom. The highest BCUT2D eigenvalue weighted by Gasteiger charge is 2.47. The molecule has 0 radical (unpaired) electrons. The molecular formula is C18H27NO2. The molecule has 0 bridgehead atoms. The Bertz CT molecular complexity index is 516. The fourth-order valence-corrected chi connectivity index (χ4v) is 4.12. The molecule has 4 unspecified atom stereocenters. The van der Waals surface area contributed by atoms with Gasteiger partial charge in [0.25, 0.3) is 0 Å². The molecule has 1 aromatic carbocycles. The third-order valence-electron chi connectivity index (χ3n) is 5.52. The Balaban J connectivity index is 1.96. The van der Waals surface area contributed by atoms with Crippen molar-refractivity contribution in [1.29, 1.82) is 0 Å². The first-order valence-corrected chi connectivity index (χ1v) is 8.12. The van der Waals surface area contributed by atoms with Gasteiger partial charge in [-0.3, -0.25) is 0 Å². The van der Waals surface area contributed by atoms with Crippen LogP contribution in [-0.4, -0.2) is 19.8 Å². The van der Waals surface area contributed by atoms with Gasteiger partial charge in [0.2, 0.25) is 0 Å². The first-order chi connectivity index (χ1) is 10.1. The van der Waals surface area contributed by atoms with Crippen molar-refractivity contribution in [1.82, 2.24) is 5.32 Å². The summed E-state index contributed by atoms with van der Waals surface area (Å²) in [6.45, 7) is 4.71. The van der Waals surface area contributed by atoms with Crippen LogP contribution in [0.2, 0.25) is 0 Å². The van der Waals surface area contributed by atoms with Gasteiger partial charge < -0.3 is 14.8 Å². The second-order valence-corrected chi connectivity index (χ2v) is 6.90. The summed E-state index contributed by atoms with van der Waals surface area (Å²) in [4.78, 5) is 0. The van der Waals surface area contributed by atoms with Crippen LogP contribution < -0.4 is 14.8 Å². The Hall–Kier alpha value is -1.22. The monoisotopic (exact) mass is 289 g/mol. The van der Waals surface area contributed by atoms with Crippen LogP contribution in [0.5, 0.6) is 11.5 Å². The molecule has 3 nitrogen and oxygen atoms in total. The van der Waals surface area contributed by atoms with Crippen molar-refractivity contribution < 1.29 is 9.47 Å². The number of hydrogen-bond acceptors (Lipinski definition) is 3. The van der Waals surface area contributed by atoms with Crippen molar-refractivity contribution in [3.05, 3.63) is 23.8 Å². The molecule has 4 atom stereocenters. The van der Waals surface area contributed by atoms with E-state index in [4.69, 9.17) is 9.47 Å². The Kier molecular flexibility index (Phi) is 3.87. The highest BCUT2D eigenvalue weighted by atomic mass is 16.5. The summed E-state index contributed by atoms with van der Waals surface area (Å²) in [6.07, 6.45) is 4.75. The predicted molar refractivity (Wildman–Crippen MR) is 84.9 cm³/mol. The van der Waals surface area contributed by atoms with Crippen LogP contribution in [0, 0.1) is 11.8 Å². The molecule has 0 amide bonds. The van der Waals surface area contributed by atoms with Crippen LogP contribution >= 0.6 is 0 Å². The lowest BCUT2D eigenvalue weighted by Crippen LogP contribution is -2.51. The van der Waals surface area contributed by atoms with Gasteiger partial charge in [-0.15, -0.1) is 0 Å². The molecule has 116 valence electrons. The van der Waals surface area contributed by atoms with Crippen molar-refractivity contribution in [3.63, 3.8) is 0 Å². The van der Waals surface area contributed by atoms with Crippen LogP contribution in [0.15, 0.2) is 18.2 Å². The summed E-state index contributed by atoms with van der Waals surface area (Å²) in [6, 6.07) is 6.58. The molecule has 2 aliphatic rings. The van der Waals surface area contributed by atoms with E-state index in [1.807, 2.05) is 19.2 Å². The minimum absolute atomic E-state index is 0.0143. The van der Waals surface area contributed by atoms with Crippen molar-refractivity contribution in [2.24, 2.45) is 11.8 Å². The zero-order chi connectivity index (χ0) is 15.0. The van der Waals surface area contributed by atoms with E-state index in [1.54, 1.807) is 7.11 Å². The largest absolute Gasteiger partial charge is 0.497 e. The Morgan fingerprint density at radius 1 is 1.33 bits per heavy atom. The summed E-state index contributed by atoms with van der Waals surface area (Å²) in [5, 5.41) is 3.48. The maximum absolute atomic E-state index is 6.58. The molecule has 1 saturated carbocycles. The third kappa shape index (κ3) is 2.52. The number of ether oxygens (including phenoxy) is 2. The molecule has 1 aromatic rings. The van der Waals surface area contributed by atoms with Gasteiger partial charge in [0, 0.05) is 24.1 Å². The lowest BCUT2D eigenvalue weighted by molar-refractivity contribution is -0.0547. The van der Waals surface area contributed by atoms with Gasteiger partial charge in [-0.05, 0) is 44.2 Å². The average molecular weight is 289 g/mol. The molecular weight excluding hydrogens is 262 g/mol. The van der Waals surface area contributed by atoms with Gasteiger partial charge in [0.05, 0.1) is 7.11 Å². The molecule has 3 heteroatoms. The van der Waals surface area contributed by atoms with Crippen LogP contribution in [0.4, 0.5) is 0 Å². The molecule has 0 saturated heterocycles. The normalized spacial score (nSPS) is 35.1. The number of rotatable bonds is 2. The number of hydrogen-bond donors (Lipinski definition) is 1. The summed E-state index contributed by atoms with van der Waals surface area (Å²) in [5.74, 6) is 3.28. The molecule has 1 aliphatic carbocycles. The van der Waals surface area contributed by atoms with Crippen molar-refractivity contribution >= 4 is 0 Å². The van der Waals surface area contributed by atoms with Gasteiger partial charge >= 0.3 is 0 Å². The Morgan fingerprint density at radius 2 is 2.14 bits per heavy atom. The van der Waals surface area contributed by atoms with Crippen LogP contribution in [0.3, 0.4) is 0 Å². The highest BCUT2D eigenvalue weighted by molar-refractivity contribution is 5.44. The molecule has 3 rings (SSSR count). The SMILES string of the molecule is CNC1CC2(CCC(C)CC2C)Oc2cc(OC)ccc21. The van der Waals surface area contributed by atoms with Gasteiger partial charge in [-0.1, -0.05) is 19.9 Å². The summed E-state index contributed by atoms with van der Waals surface area (Å²) in [5.41, 5.74) is 1.24. The topological polar surface area (TPSA) is 30.5 Å². The highest BCUT2D eigenvalue weighted by Crippen LogP contribution is 2.50. The fraction of sp³-hybridized carbons (Fsp3) is 0.667. The van der Waals surface area contributed by atoms with E-state index in [-0.39, 0.29) is 5.60 Å². The maximum atomic E-state index is 6.58. The number of fused-ring (bicyclic) bond motifs is 1. The smallest absolute Gasteiger partial charge is 0.128 e. The van der Waals surface area contributed by atoms with Crippen LogP contribution in [0.1, 0.15) is 51.1 Å². The second kappa shape index (κ2) is 5.53. The average Bonchev–Trinajstić information content (AvgIpc) is 2.50. The minimum Gasteiger partial charge on any atom is -0.497 e. The maximum Gasteiger partial charge on any atom is 0.128 e. The van der Waals surface area contributed by atoms with Crippen molar-refractivity contribution in [3.8, 4) is 11.5 Å². The van der Waals surface area contributed by atoms with Crippen LogP contribution in [-0.2, 0) is 0 Å². The van der Waals surface area contributed by atoms with E-state index in [0.29, 0.717) is 12.0 Å². The van der Waals surface area contributed by atoms with Gasteiger partial charge in [0.1, 0.15) is 17.1 Å². The molecule has 1 N–H and O–H groups in total. The predicted octanol–water partition coefficient (Wildman–Crippen LogP) is 3.93. The molecule has 1 aliphatic heterocycles. The quantitative estimate of drug-likeness (QED) is 0.894. The lowest BCUT2D eigenvalue weighted by Gasteiger charge is -2.49. The first-order valence-electron chi connectivity index (χ1n) is 8.12. The molecule has 0 aromatic heterocycles. The lowest BCUT2D eigenvalue weighted by atomic mass is 9.68. The molecule has 1 heterocycles. The number of benzene rings is 1. The second-order valence-electron chi connectivity index (χ2n) is 6.90. The van der Waals surface area contributed by atoms with Crippen molar-refractivity contribution in [2.75, 3.05) is 14.2 Å². The zero-order valence-corrected chi connectivity index (χ0v) is 13.6. The standard InChI is InChI=1S/C18H27NO2/c1-12-7-8-18(13(2)9-12)11-16(19-3)15-6-5-14(20-4)10-17(15)21-18/h5-6,10,12-13,16,19H,7-9,11H2,1-4H3. The first kappa shape index (κ1) is 14.7. The summed E-state index contributed by atoms with van der Waals surface area (Å²) in [7, 11) is 3.76. The van der Waals surface area contributed by atoms with Gasteiger partial charge in [-0.2, -0.15) is 0 Å². The molecule has 21 heavy (non-hydrogen) atoms. The van der Waals surface area contributed by atoms with Gasteiger partial charge in [0.15, 0.2) is 0 Å². The van der Waals surface area contributed by atoms with E-state index in [9.17, 15) is 0 Å². The zero-order valence-electron chi connectivity index (χ0n) is 13.6.